The Morgan fingerprint density at radius 2 is 2.30 bits per heavy atom. The van der Waals surface area contributed by atoms with Gasteiger partial charge in [0, 0.05) is 30.3 Å². The Balaban J connectivity index is 1.66. The number of thioether (sulfide) groups is 1. The van der Waals surface area contributed by atoms with Crippen LogP contribution in [0, 0.1) is 0 Å². The maximum absolute atomic E-state index is 11.9. The van der Waals surface area contributed by atoms with E-state index in [-0.39, 0.29) is 36.5 Å². The largest absolute Gasteiger partial charge is 0.441 e. The van der Waals surface area contributed by atoms with E-state index in [1.54, 1.807) is 16.2 Å². The molecule has 3 nitrogen and oxygen atoms in total. The number of alkyl halides is 3. The van der Waals surface area contributed by atoms with Crippen LogP contribution < -0.4 is 5.32 Å². The number of nitrogens with zero attached hydrogens (tertiary/aromatic N) is 1. The van der Waals surface area contributed by atoms with Crippen LogP contribution >= 0.6 is 23.1 Å². The number of amides is 1. The van der Waals surface area contributed by atoms with E-state index in [9.17, 15) is 18.0 Å². The third-order valence-electron chi connectivity index (χ3n) is 2.98. The molecule has 0 spiro atoms. The highest BCUT2D eigenvalue weighted by atomic mass is 32.2. The number of nitrogens with one attached hydrogen (secondary N) is 1. The lowest BCUT2D eigenvalue weighted by Crippen LogP contribution is -2.41. The summed E-state index contributed by atoms with van der Waals surface area (Å²) in [6, 6.07) is 2.02. The molecule has 0 atom stereocenters. The van der Waals surface area contributed by atoms with Gasteiger partial charge >= 0.3 is 5.51 Å². The molecule has 1 aliphatic rings. The molecule has 20 heavy (non-hydrogen) atoms. The van der Waals surface area contributed by atoms with Crippen LogP contribution in [0.3, 0.4) is 0 Å². The van der Waals surface area contributed by atoms with Gasteiger partial charge in [0.25, 0.3) is 0 Å². The predicted octanol–water partition coefficient (Wildman–Crippen LogP) is 2.48. The van der Waals surface area contributed by atoms with Gasteiger partial charge in [0.05, 0.1) is 6.54 Å². The number of fused-ring (bicyclic) bond motifs is 1. The SMILES string of the molecule is O=C(CNCCSC(F)(F)F)N1CCc2sccc2C1. The summed E-state index contributed by atoms with van der Waals surface area (Å²) in [5.74, 6) is -0.135. The zero-order valence-electron chi connectivity index (χ0n) is 10.7. The summed E-state index contributed by atoms with van der Waals surface area (Å²) in [5.41, 5.74) is -3.02. The van der Waals surface area contributed by atoms with Crippen molar-refractivity contribution >= 4 is 29.0 Å². The number of carbonyl (C=O) groups is 1. The topological polar surface area (TPSA) is 32.3 Å². The lowest BCUT2D eigenvalue weighted by molar-refractivity contribution is -0.131. The summed E-state index contributed by atoms with van der Waals surface area (Å²) in [6.45, 7) is 1.56. The van der Waals surface area contributed by atoms with Crippen LogP contribution in [0.25, 0.3) is 0 Å². The average molecular weight is 324 g/mol. The minimum atomic E-state index is -4.20. The second-order valence-electron chi connectivity index (χ2n) is 4.41. The summed E-state index contributed by atoms with van der Waals surface area (Å²) < 4.78 is 35.7. The molecule has 1 aliphatic heterocycles. The molecule has 1 amide bonds. The number of carbonyl (C=O) groups excluding carboxylic acids is 1. The molecule has 0 aromatic carbocycles. The Hall–Kier alpha value is -0.730. The number of hydrogen-bond acceptors (Lipinski definition) is 4. The Bertz CT molecular complexity index is 462. The molecule has 2 heterocycles. The minimum Gasteiger partial charge on any atom is -0.337 e. The molecule has 112 valence electrons. The molecule has 0 aliphatic carbocycles. The lowest BCUT2D eigenvalue weighted by Gasteiger charge is -2.27. The van der Waals surface area contributed by atoms with E-state index in [1.807, 2.05) is 11.4 Å². The van der Waals surface area contributed by atoms with Crippen molar-refractivity contribution < 1.29 is 18.0 Å². The smallest absolute Gasteiger partial charge is 0.337 e. The van der Waals surface area contributed by atoms with Crippen molar-refractivity contribution in [3.8, 4) is 0 Å². The summed E-state index contributed by atoms with van der Waals surface area (Å²) in [7, 11) is 0. The number of rotatable bonds is 5. The van der Waals surface area contributed by atoms with Crippen LogP contribution in [0.2, 0.25) is 0 Å². The molecule has 1 aromatic heterocycles. The standard InChI is InChI=1S/C12H15F3N2OS2/c13-12(14,15)20-6-3-16-7-11(18)17-4-1-10-9(8-17)2-5-19-10/h2,5,16H,1,3-4,6-8H2. The van der Waals surface area contributed by atoms with E-state index < -0.39 is 5.51 Å². The van der Waals surface area contributed by atoms with Crippen molar-refractivity contribution in [3.05, 3.63) is 21.9 Å². The zero-order valence-corrected chi connectivity index (χ0v) is 12.3. The van der Waals surface area contributed by atoms with E-state index in [4.69, 9.17) is 0 Å². The van der Waals surface area contributed by atoms with Crippen LogP contribution in [0.1, 0.15) is 10.4 Å². The van der Waals surface area contributed by atoms with Crippen LogP contribution in [0.15, 0.2) is 11.4 Å². The molecule has 0 saturated heterocycles. The van der Waals surface area contributed by atoms with Crippen molar-refractivity contribution in [2.45, 2.75) is 18.5 Å². The number of halogens is 3. The fourth-order valence-corrected chi connectivity index (χ4v) is 3.37. The monoisotopic (exact) mass is 324 g/mol. The molecular formula is C12H15F3N2OS2. The second-order valence-corrected chi connectivity index (χ2v) is 6.57. The van der Waals surface area contributed by atoms with Crippen LogP contribution in [-0.4, -0.2) is 41.7 Å². The van der Waals surface area contributed by atoms with Gasteiger partial charge in [0.15, 0.2) is 0 Å². The van der Waals surface area contributed by atoms with Crippen molar-refractivity contribution in [1.82, 2.24) is 10.2 Å². The van der Waals surface area contributed by atoms with E-state index in [0.717, 1.165) is 6.42 Å². The third-order valence-corrected chi connectivity index (χ3v) is 4.74. The molecule has 1 aromatic rings. The lowest BCUT2D eigenvalue weighted by atomic mass is 10.1. The fourth-order valence-electron chi connectivity index (χ4n) is 2.01. The van der Waals surface area contributed by atoms with Crippen molar-refractivity contribution in [2.75, 3.05) is 25.4 Å². The van der Waals surface area contributed by atoms with Gasteiger partial charge in [0.1, 0.15) is 0 Å². The van der Waals surface area contributed by atoms with Crippen molar-refractivity contribution in [1.29, 1.82) is 0 Å². The summed E-state index contributed by atoms with van der Waals surface area (Å²) in [4.78, 5) is 15.0. The predicted molar refractivity (Wildman–Crippen MR) is 74.8 cm³/mol. The normalized spacial score (nSPS) is 15.2. The molecule has 8 heteroatoms. The Morgan fingerprint density at radius 1 is 1.50 bits per heavy atom. The highest BCUT2D eigenvalue weighted by Gasteiger charge is 2.27. The fraction of sp³-hybridized carbons (Fsp3) is 0.583. The summed E-state index contributed by atoms with van der Waals surface area (Å²) >= 11 is 1.63. The first-order valence-corrected chi connectivity index (χ1v) is 8.06. The Kier molecular flexibility index (Phi) is 5.34. The number of thiophene rings is 1. The van der Waals surface area contributed by atoms with E-state index >= 15 is 0 Å². The quantitative estimate of drug-likeness (QED) is 0.845. The third kappa shape index (κ3) is 4.68. The van der Waals surface area contributed by atoms with Gasteiger partial charge < -0.3 is 10.2 Å². The summed E-state index contributed by atoms with van der Waals surface area (Å²) in [5, 5.41) is 4.78. The highest BCUT2D eigenvalue weighted by molar-refractivity contribution is 8.00. The molecule has 0 bridgehead atoms. The van der Waals surface area contributed by atoms with Gasteiger partial charge in [-0.25, -0.2) is 0 Å². The van der Waals surface area contributed by atoms with Crippen LogP contribution in [-0.2, 0) is 17.8 Å². The highest BCUT2D eigenvalue weighted by Crippen LogP contribution is 2.29. The van der Waals surface area contributed by atoms with E-state index in [0.29, 0.717) is 13.1 Å². The van der Waals surface area contributed by atoms with Gasteiger partial charge in [-0.15, -0.1) is 11.3 Å². The first kappa shape index (κ1) is 15.7. The average Bonchev–Trinajstić information content (AvgIpc) is 2.83. The molecule has 0 unspecified atom stereocenters. The van der Waals surface area contributed by atoms with Gasteiger partial charge in [-0.1, -0.05) is 0 Å². The molecule has 0 saturated carbocycles. The Labute approximate surface area is 123 Å². The molecule has 2 rings (SSSR count). The molecule has 0 radical (unpaired) electrons. The molecular weight excluding hydrogens is 309 g/mol. The maximum Gasteiger partial charge on any atom is 0.441 e. The van der Waals surface area contributed by atoms with Crippen LogP contribution in [0.4, 0.5) is 13.2 Å². The maximum atomic E-state index is 11.9. The van der Waals surface area contributed by atoms with Crippen molar-refractivity contribution in [2.24, 2.45) is 0 Å². The Morgan fingerprint density at radius 3 is 3.05 bits per heavy atom. The van der Waals surface area contributed by atoms with Gasteiger partial charge in [-0.05, 0) is 35.2 Å². The zero-order chi connectivity index (χ0) is 14.6. The number of hydrogen-bond donors (Lipinski definition) is 1. The second kappa shape index (κ2) is 6.82. The van der Waals surface area contributed by atoms with Crippen LogP contribution in [0.5, 0.6) is 0 Å². The van der Waals surface area contributed by atoms with E-state index in [2.05, 4.69) is 5.32 Å². The minimum absolute atomic E-state index is 0.0566. The summed E-state index contributed by atoms with van der Waals surface area (Å²) in [6.07, 6.45) is 0.864. The first-order valence-electron chi connectivity index (χ1n) is 6.20. The van der Waals surface area contributed by atoms with E-state index in [1.165, 1.54) is 10.4 Å². The molecule has 0 fully saturated rings. The van der Waals surface area contributed by atoms with Gasteiger partial charge in [0.2, 0.25) is 5.91 Å². The van der Waals surface area contributed by atoms with Crippen molar-refractivity contribution in [3.63, 3.8) is 0 Å². The first-order chi connectivity index (χ1) is 9.46. The van der Waals surface area contributed by atoms with Gasteiger partial charge in [-0.3, -0.25) is 4.79 Å². The molecule has 1 N–H and O–H groups in total. The van der Waals surface area contributed by atoms with Gasteiger partial charge in [-0.2, -0.15) is 13.2 Å².